The van der Waals surface area contributed by atoms with Gasteiger partial charge in [0.15, 0.2) is 0 Å². The van der Waals surface area contributed by atoms with Crippen molar-refractivity contribution in [2.75, 3.05) is 0 Å². The fourth-order valence-corrected chi connectivity index (χ4v) is 1.97. The van der Waals surface area contributed by atoms with E-state index in [1.54, 1.807) is 0 Å². The van der Waals surface area contributed by atoms with E-state index in [4.69, 9.17) is 28.0 Å². The van der Waals surface area contributed by atoms with E-state index in [1.807, 2.05) is 0 Å². The maximum Gasteiger partial charge on any atom is 0.261 e. The number of benzene rings is 1. The van der Waals surface area contributed by atoms with Gasteiger partial charge in [-0.05, 0) is 12.1 Å². The third-order valence-corrected chi connectivity index (χ3v) is 3.21. The highest BCUT2D eigenvalue weighted by Crippen LogP contribution is 2.31. The third-order valence-electron chi connectivity index (χ3n) is 1.58. The Morgan fingerprint density at radius 1 is 1.40 bits per heavy atom. The number of carbonyl (C=O) groups is 1. The molecule has 1 rings (SSSR count). The molecule has 1 aromatic carbocycles. The average molecular weight is 270 g/mol. The summed E-state index contributed by atoms with van der Waals surface area (Å²) in [5.41, 5.74) is 4.50. The van der Waals surface area contributed by atoms with Gasteiger partial charge in [-0.2, -0.15) is 0 Å². The van der Waals surface area contributed by atoms with Gasteiger partial charge in [0, 0.05) is 10.7 Å². The zero-order valence-corrected chi connectivity index (χ0v) is 9.40. The first-order valence-corrected chi connectivity index (χ1v) is 6.19. The number of rotatable bonds is 2. The van der Waals surface area contributed by atoms with E-state index in [0.717, 1.165) is 12.1 Å². The van der Waals surface area contributed by atoms with E-state index < -0.39 is 31.2 Å². The Labute approximate surface area is 94.8 Å². The first kappa shape index (κ1) is 12.1. The highest BCUT2D eigenvalue weighted by molar-refractivity contribution is 8.13. The van der Waals surface area contributed by atoms with Crippen LogP contribution >= 0.6 is 22.3 Å². The number of aromatic hydroxyl groups is 1. The summed E-state index contributed by atoms with van der Waals surface area (Å²) in [4.78, 5) is 10.4. The average Bonchev–Trinajstić information content (AvgIpc) is 2.06. The van der Waals surface area contributed by atoms with Gasteiger partial charge in [-0.15, -0.1) is 0 Å². The molecule has 0 bridgehead atoms. The van der Waals surface area contributed by atoms with Crippen molar-refractivity contribution >= 4 is 37.2 Å². The summed E-state index contributed by atoms with van der Waals surface area (Å²) in [6.07, 6.45) is 0. The van der Waals surface area contributed by atoms with E-state index in [-0.39, 0.29) is 5.02 Å². The largest absolute Gasteiger partial charge is 0.506 e. The topological polar surface area (TPSA) is 97.5 Å². The van der Waals surface area contributed by atoms with Crippen LogP contribution < -0.4 is 5.73 Å². The molecule has 0 spiro atoms. The molecule has 1 aromatic rings. The van der Waals surface area contributed by atoms with E-state index in [9.17, 15) is 18.3 Å². The number of primary amides is 1. The van der Waals surface area contributed by atoms with Crippen molar-refractivity contribution in [3.8, 4) is 5.75 Å². The third kappa shape index (κ3) is 2.53. The zero-order valence-electron chi connectivity index (χ0n) is 7.07. The highest BCUT2D eigenvalue weighted by Gasteiger charge is 2.18. The second kappa shape index (κ2) is 3.88. The number of carbonyl (C=O) groups excluding carboxylic acids is 1. The number of hydrogen-bond acceptors (Lipinski definition) is 4. The van der Waals surface area contributed by atoms with Crippen LogP contribution in [0.4, 0.5) is 0 Å². The summed E-state index contributed by atoms with van der Waals surface area (Å²) in [5, 5.41) is 8.97. The second-order valence-electron chi connectivity index (χ2n) is 2.60. The molecule has 82 valence electrons. The molecule has 0 fully saturated rings. The summed E-state index contributed by atoms with van der Waals surface area (Å²) in [6.45, 7) is 0. The Kier molecular flexibility index (Phi) is 3.13. The molecule has 0 radical (unpaired) electrons. The van der Waals surface area contributed by atoms with Crippen molar-refractivity contribution in [2.24, 2.45) is 5.73 Å². The predicted octanol–water partition coefficient (Wildman–Crippen LogP) is 1.07. The van der Waals surface area contributed by atoms with E-state index in [1.165, 1.54) is 0 Å². The lowest BCUT2D eigenvalue weighted by Crippen LogP contribution is -2.12. The molecule has 0 heterocycles. The van der Waals surface area contributed by atoms with Gasteiger partial charge < -0.3 is 10.8 Å². The van der Waals surface area contributed by atoms with Crippen molar-refractivity contribution in [1.29, 1.82) is 0 Å². The monoisotopic (exact) mass is 269 g/mol. The second-order valence-corrected chi connectivity index (χ2v) is 5.58. The molecule has 0 saturated carbocycles. The van der Waals surface area contributed by atoms with Crippen LogP contribution in [0.15, 0.2) is 17.0 Å². The summed E-state index contributed by atoms with van der Waals surface area (Å²) < 4.78 is 21.9. The van der Waals surface area contributed by atoms with Gasteiger partial charge in [-0.3, -0.25) is 4.79 Å². The van der Waals surface area contributed by atoms with Crippen LogP contribution in [0.25, 0.3) is 0 Å². The smallest absolute Gasteiger partial charge is 0.261 e. The Bertz CT molecular complexity index is 526. The maximum absolute atomic E-state index is 10.9. The predicted molar refractivity (Wildman–Crippen MR) is 54.7 cm³/mol. The van der Waals surface area contributed by atoms with Crippen molar-refractivity contribution in [3.05, 3.63) is 22.7 Å². The first-order valence-electron chi connectivity index (χ1n) is 3.50. The standard InChI is InChI=1S/C7H5Cl2NO4S/c8-5-2-3(15(9,13)14)1-4(6(5)11)7(10)12/h1-2,11H,(H2,10,12). The maximum atomic E-state index is 10.9. The van der Waals surface area contributed by atoms with Crippen LogP contribution in [0.5, 0.6) is 5.75 Å². The molecule has 0 aliphatic carbocycles. The Morgan fingerprint density at radius 2 is 1.93 bits per heavy atom. The quantitative estimate of drug-likeness (QED) is 0.785. The Balaban J connectivity index is 3.57. The van der Waals surface area contributed by atoms with Gasteiger partial charge in [-0.1, -0.05) is 11.6 Å². The first-order chi connectivity index (χ1) is 6.73. The fourth-order valence-electron chi connectivity index (χ4n) is 0.903. The van der Waals surface area contributed by atoms with Gasteiger partial charge in [-0.25, -0.2) is 8.42 Å². The van der Waals surface area contributed by atoms with Gasteiger partial charge in [0.1, 0.15) is 5.75 Å². The van der Waals surface area contributed by atoms with Crippen molar-refractivity contribution in [2.45, 2.75) is 4.90 Å². The fraction of sp³-hybridized carbons (Fsp3) is 0. The minimum absolute atomic E-state index is 0.314. The number of phenols is 1. The molecular weight excluding hydrogens is 265 g/mol. The number of halogens is 2. The van der Waals surface area contributed by atoms with Gasteiger partial charge in [0.05, 0.1) is 15.5 Å². The lowest BCUT2D eigenvalue weighted by Gasteiger charge is -2.04. The summed E-state index contributed by atoms with van der Waals surface area (Å²) >= 11 is 5.49. The minimum atomic E-state index is -4.03. The molecule has 0 aliphatic rings. The van der Waals surface area contributed by atoms with Crippen molar-refractivity contribution < 1.29 is 18.3 Å². The molecule has 0 aliphatic heterocycles. The van der Waals surface area contributed by atoms with Crippen LogP contribution in [-0.2, 0) is 9.05 Å². The molecule has 0 saturated heterocycles. The minimum Gasteiger partial charge on any atom is -0.506 e. The molecule has 0 unspecified atom stereocenters. The molecule has 1 amide bonds. The van der Waals surface area contributed by atoms with Gasteiger partial charge in [0.25, 0.3) is 15.0 Å². The van der Waals surface area contributed by atoms with Crippen LogP contribution in [0.3, 0.4) is 0 Å². The van der Waals surface area contributed by atoms with Crippen LogP contribution in [0.1, 0.15) is 10.4 Å². The van der Waals surface area contributed by atoms with E-state index >= 15 is 0 Å². The molecule has 5 nitrogen and oxygen atoms in total. The normalized spacial score (nSPS) is 11.3. The summed E-state index contributed by atoms with van der Waals surface area (Å²) in [7, 11) is 1.01. The van der Waals surface area contributed by atoms with E-state index in [0.29, 0.717) is 0 Å². The number of nitrogens with two attached hydrogens (primary N) is 1. The lowest BCUT2D eigenvalue weighted by atomic mass is 10.2. The van der Waals surface area contributed by atoms with Crippen molar-refractivity contribution in [3.63, 3.8) is 0 Å². The molecule has 8 heteroatoms. The molecule has 15 heavy (non-hydrogen) atoms. The van der Waals surface area contributed by atoms with Crippen LogP contribution in [-0.4, -0.2) is 19.4 Å². The van der Waals surface area contributed by atoms with Crippen LogP contribution in [0.2, 0.25) is 5.02 Å². The van der Waals surface area contributed by atoms with Crippen LogP contribution in [0, 0.1) is 0 Å². The lowest BCUT2D eigenvalue weighted by molar-refractivity contribution is 0.0997. The summed E-state index contributed by atoms with van der Waals surface area (Å²) in [5.74, 6) is -1.58. The highest BCUT2D eigenvalue weighted by atomic mass is 35.7. The van der Waals surface area contributed by atoms with Crippen molar-refractivity contribution in [1.82, 2.24) is 0 Å². The Hall–Kier alpha value is -0.980. The van der Waals surface area contributed by atoms with Gasteiger partial charge >= 0.3 is 0 Å². The number of amides is 1. The molecule has 0 atom stereocenters. The zero-order chi connectivity index (χ0) is 11.8. The Morgan fingerprint density at radius 3 is 2.33 bits per heavy atom. The molecular formula is C7H5Cl2NO4S. The summed E-state index contributed by atoms with van der Waals surface area (Å²) in [6, 6.07) is 1.78. The number of hydrogen-bond donors (Lipinski definition) is 2. The molecule has 0 aromatic heterocycles. The SMILES string of the molecule is NC(=O)c1cc(S(=O)(=O)Cl)cc(Cl)c1O. The van der Waals surface area contributed by atoms with Gasteiger partial charge in [0.2, 0.25) is 0 Å². The van der Waals surface area contributed by atoms with E-state index in [2.05, 4.69) is 0 Å². The molecule has 3 N–H and O–H groups in total.